The van der Waals surface area contributed by atoms with Crippen molar-refractivity contribution in [3.63, 3.8) is 0 Å². The molecule has 2 amide bonds. The summed E-state index contributed by atoms with van der Waals surface area (Å²) in [4.78, 5) is 41.8. The number of carbonyl (C=O) groups excluding carboxylic acids is 2. The molecule has 0 bridgehead atoms. The quantitative estimate of drug-likeness (QED) is 0.443. The Kier molecular flexibility index (Phi) is 6.98. The number of methoxy groups -OCH3 is 1. The minimum Gasteiger partial charge on any atom is -0.495 e. The molecule has 10 nitrogen and oxygen atoms in total. The summed E-state index contributed by atoms with van der Waals surface area (Å²) in [5.74, 6) is 1.53. The Morgan fingerprint density at radius 1 is 1.24 bits per heavy atom. The SMILES string of the molecule is COc1cc(C(=O)NC(C)c2ccc[nH]2)ccc1Nc1ncc2c(n1)N(C1CCCC1)CCC(=O)N2C. The molecule has 1 atom stereocenters. The Bertz CT molecular complexity index is 1270. The summed E-state index contributed by atoms with van der Waals surface area (Å²) in [7, 11) is 3.34. The number of benzene rings is 1. The number of H-pyrrole nitrogens is 1. The van der Waals surface area contributed by atoms with Crippen molar-refractivity contribution in [3.8, 4) is 5.75 Å². The molecule has 1 saturated carbocycles. The highest BCUT2D eigenvalue weighted by molar-refractivity contribution is 5.97. The first-order valence-corrected chi connectivity index (χ1v) is 12.7. The first-order valence-electron chi connectivity index (χ1n) is 12.7. The maximum atomic E-state index is 12.8. The molecule has 1 unspecified atom stereocenters. The van der Waals surface area contributed by atoms with Gasteiger partial charge in [-0.15, -0.1) is 0 Å². The number of aromatic amines is 1. The zero-order valence-corrected chi connectivity index (χ0v) is 21.5. The van der Waals surface area contributed by atoms with Crippen molar-refractivity contribution in [2.75, 3.05) is 35.8 Å². The van der Waals surface area contributed by atoms with E-state index in [1.165, 1.54) is 12.8 Å². The Morgan fingerprint density at radius 2 is 2.05 bits per heavy atom. The van der Waals surface area contributed by atoms with E-state index in [-0.39, 0.29) is 17.9 Å². The van der Waals surface area contributed by atoms with Gasteiger partial charge in [-0.1, -0.05) is 12.8 Å². The van der Waals surface area contributed by atoms with Gasteiger partial charge in [-0.05, 0) is 50.1 Å². The molecule has 10 heteroatoms. The van der Waals surface area contributed by atoms with Crippen LogP contribution >= 0.6 is 0 Å². The summed E-state index contributed by atoms with van der Waals surface area (Å²) in [5, 5.41) is 6.24. The van der Waals surface area contributed by atoms with Crippen LogP contribution in [0.25, 0.3) is 0 Å². The van der Waals surface area contributed by atoms with E-state index >= 15 is 0 Å². The van der Waals surface area contributed by atoms with Gasteiger partial charge in [0.15, 0.2) is 5.82 Å². The van der Waals surface area contributed by atoms with Gasteiger partial charge < -0.3 is 30.2 Å². The molecule has 0 radical (unpaired) electrons. The number of hydrogen-bond acceptors (Lipinski definition) is 7. The van der Waals surface area contributed by atoms with Gasteiger partial charge >= 0.3 is 0 Å². The average molecular weight is 504 g/mol. The van der Waals surface area contributed by atoms with Gasteiger partial charge in [-0.3, -0.25) is 9.59 Å². The van der Waals surface area contributed by atoms with Crippen molar-refractivity contribution in [2.45, 2.75) is 51.1 Å². The summed E-state index contributed by atoms with van der Waals surface area (Å²) in [5.41, 5.74) is 2.77. The van der Waals surface area contributed by atoms with Crippen LogP contribution in [0.3, 0.4) is 0 Å². The predicted octanol–water partition coefficient (Wildman–Crippen LogP) is 4.16. The van der Waals surface area contributed by atoms with Crippen LogP contribution in [0.2, 0.25) is 0 Å². The molecule has 0 spiro atoms. The third-order valence-corrected chi connectivity index (χ3v) is 7.24. The molecule has 5 rings (SSSR count). The fraction of sp³-hybridized carbons (Fsp3) is 0.407. The van der Waals surface area contributed by atoms with Crippen LogP contribution in [0.15, 0.2) is 42.7 Å². The number of rotatable bonds is 7. The van der Waals surface area contributed by atoms with E-state index in [0.29, 0.717) is 42.0 Å². The summed E-state index contributed by atoms with van der Waals surface area (Å²) in [6.45, 7) is 2.57. The zero-order chi connectivity index (χ0) is 25.9. The Hall–Kier alpha value is -4.08. The lowest BCUT2D eigenvalue weighted by Crippen LogP contribution is -2.34. The lowest BCUT2D eigenvalue weighted by atomic mass is 10.1. The van der Waals surface area contributed by atoms with Crippen LogP contribution in [-0.2, 0) is 4.79 Å². The van der Waals surface area contributed by atoms with E-state index in [4.69, 9.17) is 9.72 Å². The van der Waals surface area contributed by atoms with Gasteiger partial charge in [0.25, 0.3) is 5.91 Å². The Morgan fingerprint density at radius 3 is 2.78 bits per heavy atom. The molecule has 1 aliphatic heterocycles. The number of aromatic nitrogens is 3. The predicted molar refractivity (Wildman–Crippen MR) is 143 cm³/mol. The Labute approximate surface area is 216 Å². The third kappa shape index (κ3) is 5.09. The standard InChI is InChI=1S/C27H33N7O3/c1-17(20-9-6-13-28-20)30-26(36)18-10-11-21(23(15-18)37-3)31-27-29-16-22-25(32-27)34(19-7-4-5-8-19)14-12-24(35)33(22)2/h6,9-11,13,15-17,19,28H,4-5,7-8,12,14H2,1-3H3,(H,30,36)(H,29,31,32). The lowest BCUT2D eigenvalue weighted by molar-refractivity contribution is -0.118. The van der Waals surface area contributed by atoms with E-state index in [1.807, 2.05) is 25.3 Å². The number of amides is 2. The fourth-order valence-electron chi connectivity index (χ4n) is 5.10. The minimum absolute atomic E-state index is 0.0622. The molecule has 2 aromatic heterocycles. The maximum absolute atomic E-state index is 12.8. The summed E-state index contributed by atoms with van der Waals surface area (Å²) in [6, 6.07) is 9.26. The molecule has 3 N–H and O–H groups in total. The molecule has 1 fully saturated rings. The summed E-state index contributed by atoms with van der Waals surface area (Å²) >= 11 is 0. The van der Waals surface area contributed by atoms with Crippen LogP contribution in [0, 0.1) is 0 Å². The number of ether oxygens (including phenoxy) is 1. The van der Waals surface area contributed by atoms with Crippen molar-refractivity contribution >= 4 is 35.0 Å². The molecule has 1 aromatic carbocycles. The third-order valence-electron chi connectivity index (χ3n) is 7.24. The van der Waals surface area contributed by atoms with E-state index in [2.05, 4.69) is 25.5 Å². The fourth-order valence-corrected chi connectivity index (χ4v) is 5.10. The summed E-state index contributed by atoms with van der Waals surface area (Å²) in [6.07, 6.45) is 8.57. The van der Waals surface area contributed by atoms with E-state index in [1.54, 1.807) is 43.5 Å². The van der Waals surface area contributed by atoms with Gasteiger partial charge in [0, 0.05) is 43.5 Å². The van der Waals surface area contributed by atoms with Crippen molar-refractivity contribution in [1.29, 1.82) is 0 Å². The highest BCUT2D eigenvalue weighted by atomic mass is 16.5. The number of nitrogens with zero attached hydrogens (tertiary/aromatic N) is 4. The normalized spacial score (nSPS) is 16.8. The number of nitrogens with one attached hydrogen (secondary N) is 3. The molecule has 37 heavy (non-hydrogen) atoms. The van der Waals surface area contributed by atoms with Crippen molar-refractivity contribution in [3.05, 3.63) is 54.0 Å². The first-order chi connectivity index (χ1) is 17.9. The molecular weight excluding hydrogens is 470 g/mol. The minimum atomic E-state index is -0.201. The van der Waals surface area contributed by atoms with Crippen LogP contribution in [0.5, 0.6) is 5.75 Å². The molecule has 0 saturated heterocycles. The van der Waals surface area contributed by atoms with Gasteiger partial charge in [-0.25, -0.2) is 4.98 Å². The van der Waals surface area contributed by atoms with Crippen LogP contribution in [-0.4, -0.2) is 53.5 Å². The largest absolute Gasteiger partial charge is 0.495 e. The molecule has 3 aromatic rings. The smallest absolute Gasteiger partial charge is 0.251 e. The highest BCUT2D eigenvalue weighted by Crippen LogP contribution is 2.37. The van der Waals surface area contributed by atoms with Gasteiger partial charge in [0.1, 0.15) is 11.4 Å². The molecule has 1 aliphatic carbocycles. The van der Waals surface area contributed by atoms with Gasteiger partial charge in [-0.2, -0.15) is 4.98 Å². The molecule has 2 aliphatic rings. The number of carbonyl (C=O) groups is 2. The van der Waals surface area contributed by atoms with Crippen LogP contribution in [0.4, 0.5) is 23.1 Å². The number of hydrogen-bond donors (Lipinski definition) is 3. The van der Waals surface area contributed by atoms with Crippen LogP contribution in [0.1, 0.15) is 61.1 Å². The lowest BCUT2D eigenvalue weighted by Gasteiger charge is -2.30. The Balaban J connectivity index is 1.38. The van der Waals surface area contributed by atoms with E-state index in [9.17, 15) is 9.59 Å². The first kappa shape index (κ1) is 24.6. The highest BCUT2D eigenvalue weighted by Gasteiger charge is 2.31. The van der Waals surface area contributed by atoms with Crippen molar-refractivity contribution < 1.29 is 14.3 Å². The molecule has 194 valence electrons. The van der Waals surface area contributed by atoms with Crippen molar-refractivity contribution in [1.82, 2.24) is 20.3 Å². The average Bonchev–Trinajstić information content (AvgIpc) is 3.62. The number of anilines is 4. The molecular formula is C27H33N7O3. The second-order valence-corrected chi connectivity index (χ2v) is 9.60. The second kappa shape index (κ2) is 10.5. The van der Waals surface area contributed by atoms with Gasteiger partial charge in [0.2, 0.25) is 11.9 Å². The monoisotopic (exact) mass is 503 g/mol. The van der Waals surface area contributed by atoms with E-state index < -0.39 is 0 Å². The second-order valence-electron chi connectivity index (χ2n) is 9.60. The van der Waals surface area contributed by atoms with E-state index in [0.717, 1.165) is 30.0 Å². The maximum Gasteiger partial charge on any atom is 0.251 e. The van der Waals surface area contributed by atoms with Gasteiger partial charge in [0.05, 0.1) is 25.0 Å². The topological polar surface area (TPSA) is 115 Å². The number of fused-ring (bicyclic) bond motifs is 1. The van der Waals surface area contributed by atoms with Crippen molar-refractivity contribution in [2.24, 2.45) is 0 Å². The summed E-state index contributed by atoms with van der Waals surface area (Å²) < 4.78 is 5.58. The molecule has 3 heterocycles. The van der Waals surface area contributed by atoms with Crippen LogP contribution < -0.4 is 25.2 Å². The zero-order valence-electron chi connectivity index (χ0n) is 21.5.